The van der Waals surface area contributed by atoms with Crippen molar-refractivity contribution in [1.29, 1.82) is 0 Å². The lowest BCUT2D eigenvalue weighted by atomic mass is 10.3. The van der Waals surface area contributed by atoms with Crippen LogP contribution in [0.1, 0.15) is 12.2 Å². The van der Waals surface area contributed by atoms with Gasteiger partial charge in [0.25, 0.3) is 5.95 Å². The summed E-state index contributed by atoms with van der Waals surface area (Å²) in [5.41, 5.74) is 1.02. The fourth-order valence-corrected chi connectivity index (χ4v) is 4.12. The van der Waals surface area contributed by atoms with Gasteiger partial charge in [-0.3, -0.25) is 4.79 Å². The first-order chi connectivity index (χ1) is 17.6. The highest BCUT2D eigenvalue weighted by Gasteiger charge is 2.22. The predicted molar refractivity (Wildman–Crippen MR) is 143 cm³/mol. The first-order valence-electron chi connectivity index (χ1n) is 11.9. The van der Waals surface area contributed by atoms with Gasteiger partial charge in [-0.25, -0.2) is 9.97 Å². The van der Waals surface area contributed by atoms with Crippen LogP contribution in [0.15, 0.2) is 28.8 Å². The van der Waals surface area contributed by atoms with E-state index in [-0.39, 0.29) is 35.7 Å². The number of amides is 1. The number of furan rings is 1. The first kappa shape index (κ1) is 27.9. The van der Waals surface area contributed by atoms with E-state index >= 15 is 0 Å². The summed E-state index contributed by atoms with van der Waals surface area (Å²) in [5.74, 6) is 1.37. The van der Waals surface area contributed by atoms with E-state index in [1.165, 1.54) is 14.2 Å². The zero-order chi connectivity index (χ0) is 27.0. The van der Waals surface area contributed by atoms with Crippen molar-refractivity contribution < 1.29 is 23.4 Å². The Hall–Kier alpha value is -3.71. The van der Waals surface area contributed by atoms with E-state index in [1.54, 1.807) is 24.4 Å². The summed E-state index contributed by atoms with van der Waals surface area (Å²) >= 11 is 0. The second-order valence-electron chi connectivity index (χ2n) is 9.54. The van der Waals surface area contributed by atoms with Crippen molar-refractivity contribution in [3.63, 3.8) is 0 Å². The second-order valence-corrected chi connectivity index (χ2v) is 14.5. The van der Waals surface area contributed by atoms with Gasteiger partial charge < -0.3 is 34.2 Å². The van der Waals surface area contributed by atoms with Gasteiger partial charge >= 0.3 is 0 Å². The zero-order valence-electron chi connectivity index (χ0n) is 22.4. The number of ether oxygens (including phenoxy) is 3. The fourth-order valence-electron chi connectivity index (χ4n) is 3.21. The molecule has 3 aromatic heterocycles. The number of hydrogen-bond acceptors (Lipinski definition) is 11. The molecule has 12 nitrogen and oxygen atoms in total. The molecule has 0 spiro atoms. The Morgan fingerprint density at radius 1 is 1.05 bits per heavy atom. The van der Waals surface area contributed by atoms with Crippen molar-refractivity contribution in [2.45, 2.75) is 32.5 Å². The van der Waals surface area contributed by atoms with E-state index in [1.807, 2.05) is 14.1 Å². The molecule has 0 bridgehead atoms. The molecule has 0 radical (unpaired) electrons. The lowest BCUT2D eigenvalue weighted by molar-refractivity contribution is -0.115. The van der Waals surface area contributed by atoms with Gasteiger partial charge in [0.05, 0.1) is 20.6 Å². The van der Waals surface area contributed by atoms with Gasteiger partial charge in [-0.1, -0.05) is 19.6 Å². The standard InChI is InChI=1S/C24H35N7O5Si/c1-31(2)14-8-12-25-23-29-21(33-3)20(22(30-23)34-4)27-17(32)15-16-9-10-19(35-16)36-18-11-13-26-24(28-18)37(5,6)7/h9-11,13H,8,12,14-15H2,1-7H3,(H,27,32)(H,25,29,30). The lowest BCUT2D eigenvalue weighted by Crippen LogP contribution is -2.42. The van der Waals surface area contributed by atoms with E-state index in [2.05, 4.69) is 55.1 Å². The van der Waals surface area contributed by atoms with Crippen molar-refractivity contribution in [2.75, 3.05) is 52.0 Å². The van der Waals surface area contributed by atoms with Crippen LogP contribution in [0, 0.1) is 0 Å². The Balaban J connectivity index is 1.64. The molecule has 2 N–H and O–H groups in total. The molecule has 1 amide bonds. The van der Waals surface area contributed by atoms with Crippen LogP contribution in [-0.2, 0) is 11.2 Å². The number of carbonyl (C=O) groups is 1. The number of methoxy groups -OCH3 is 2. The van der Waals surface area contributed by atoms with Crippen LogP contribution in [0.4, 0.5) is 11.6 Å². The maximum Gasteiger partial charge on any atom is 0.291 e. The van der Waals surface area contributed by atoms with Crippen molar-refractivity contribution >= 4 is 31.1 Å². The van der Waals surface area contributed by atoms with Gasteiger partial charge in [0.2, 0.25) is 29.5 Å². The zero-order valence-corrected chi connectivity index (χ0v) is 23.4. The largest absolute Gasteiger partial charge is 0.479 e. The maximum atomic E-state index is 12.8. The van der Waals surface area contributed by atoms with Crippen LogP contribution in [0.5, 0.6) is 23.6 Å². The smallest absolute Gasteiger partial charge is 0.291 e. The molecule has 0 aliphatic rings. The maximum absolute atomic E-state index is 12.8. The SMILES string of the molecule is COc1nc(NCCCN(C)C)nc(OC)c1NC(=O)Cc1ccc(Oc2ccnc([Si](C)(C)C)n2)o1. The van der Waals surface area contributed by atoms with E-state index in [4.69, 9.17) is 18.6 Å². The molecule has 0 fully saturated rings. The Kier molecular flexibility index (Phi) is 9.41. The minimum absolute atomic E-state index is 0.0515. The van der Waals surface area contributed by atoms with Crippen molar-refractivity contribution in [2.24, 2.45) is 0 Å². The number of hydrogen-bond donors (Lipinski definition) is 2. The van der Waals surface area contributed by atoms with Crippen molar-refractivity contribution in [1.82, 2.24) is 24.8 Å². The minimum atomic E-state index is -1.69. The summed E-state index contributed by atoms with van der Waals surface area (Å²) in [6.45, 7) is 8.06. The van der Waals surface area contributed by atoms with Crippen LogP contribution >= 0.6 is 0 Å². The number of nitrogens with zero attached hydrogens (tertiary/aromatic N) is 5. The van der Waals surface area contributed by atoms with E-state index in [0.717, 1.165) is 18.4 Å². The summed E-state index contributed by atoms with van der Waals surface area (Å²) in [4.78, 5) is 32.4. The molecule has 0 saturated heterocycles. The molecule has 3 aromatic rings. The van der Waals surface area contributed by atoms with Gasteiger partial charge in [0, 0.05) is 24.9 Å². The molecule has 3 rings (SSSR count). The van der Waals surface area contributed by atoms with Crippen LogP contribution < -0.4 is 30.3 Å². The Bertz CT molecular complexity index is 1170. The summed E-state index contributed by atoms with van der Waals surface area (Å²) in [5, 5.41) is 5.90. The Labute approximate surface area is 217 Å². The van der Waals surface area contributed by atoms with E-state index < -0.39 is 8.07 Å². The molecule has 0 atom stereocenters. The molecule has 3 heterocycles. The molecular weight excluding hydrogens is 494 g/mol. The number of carbonyl (C=O) groups excluding carboxylic acids is 1. The van der Waals surface area contributed by atoms with Crippen LogP contribution in [0.2, 0.25) is 19.6 Å². The molecule has 0 unspecified atom stereocenters. The van der Waals surface area contributed by atoms with Gasteiger partial charge in [-0.15, -0.1) is 0 Å². The number of nitrogens with one attached hydrogen (secondary N) is 2. The summed E-state index contributed by atoms with van der Waals surface area (Å²) < 4.78 is 22.2. The van der Waals surface area contributed by atoms with E-state index in [9.17, 15) is 4.79 Å². The molecule has 0 aromatic carbocycles. The summed E-state index contributed by atoms with van der Waals surface area (Å²) in [7, 11) is 5.26. The predicted octanol–water partition coefficient (Wildman–Crippen LogP) is 2.76. The third kappa shape index (κ3) is 8.15. The average molecular weight is 530 g/mol. The lowest BCUT2D eigenvalue weighted by Gasteiger charge is -2.15. The molecule has 0 saturated carbocycles. The number of aromatic nitrogens is 4. The highest BCUT2D eigenvalue weighted by Crippen LogP contribution is 2.32. The van der Waals surface area contributed by atoms with Gasteiger partial charge in [-0.2, -0.15) is 9.97 Å². The third-order valence-corrected chi connectivity index (χ3v) is 6.62. The van der Waals surface area contributed by atoms with Gasteiger partial charge in [0.1, 0.15) is 19.3 Å². The quantitative estimate of drug-likeness (QED) is 0.250. The molecule has 37 heavy (non-hydrogen) atoms. The topological polar surface area (TPSA) is 137 Å². The minimum Gasteiger partial charge on any atom is -0.479 e. The normalized spacial score (nSPS) is 11.4. The summed E-state index contributed by atoms with van der Waals surface area (Å²) in [6, 6.07) is 4.97. The van der Waals surface area contributed by atoms with Gasteiger partial charge in [-0.05, 0) is 33.1 Å². The molecule has 0 aliphatic heterocycles. The van der Waals surface area contributed by atoms with Gasteiger partial charge in [0.15, 0.2) is 5.69 Å². The van der Waals surface area contributed by atoms with E-state index in [0.29, 0.717) is 24.1 Å². The Morgan fingerprint density at radius 2 is 1.76 bits per heavy atom. The number of anilines is 2. The molecule has 13 heteroatoms. The van der Waals surface area contributed by atoms with Crippen LogP contribution in [-0.4, -0.2) is 80.2 Å². The van der Waals surface area contributed by atoms with Crippen LogP contribution in [0.3, 0.4) is 0 Å². The molecule has 0 aliphatic carbocycles. The number of rotatable bonds is 13. The molecule has 200 valence electrons. The third-order valence-electron chi connectivity index (χ3n) is 5.04. The van der Waals surface area contributed by atoms with Crippen molar-refractivity contribution in [3.8, 4) is 23.6 Å². The van der Waals surface area contributed by atoms with Crippen LogP contribution in [0.25, 0.3) is 0 Å². The fraction of sp³-hybridized carbons (Fsp3) is 0.458. The highest BCUT2D eigenvalue weighted by molar-refractivity contribution is 6.87. The second kappa shape index (κ2) is 12.5. The monoisotopic (exact) mass is 529 g/mol. The highest BCUT2D eigenvalue weighted by atomic mass is 28.3. The summed E-state index contributed by atoms with van der Waals surface area (Å²) in [6.07, 6.45) is 2.52. The Morgan fingerprint density at radius 3 is 2.38 bits per heavy atom. The molecular formula is C24H35N7O5Si. The first-order valence-corrected chi connectivity index (χ1v) is 15.4. The average Bonchev–Trinajstić information content (AvgIpc) is 3.28. The van der Waals surface area contributed by atoms with Crippen molar-refractivity contribution in [3.05, 3.63) is 30.2 Å².